The molecule has 0 aromatic carbocycles. The Morgan fingerprint density at radius 3 is 2.06 bits per heavy atom. The molecule has 1 unspecified atom stereocenters. The van der Waals surface area contributed by atoms with Gasteiger partial charge >= 0.3 is 0 Å². The lowest BCUT2D eigenvalue weighted by Crippen LogP contribution is -2.10. The Labute approximate surface area is 104 Å². The monoisotopic (exact) mass is 226 g/mol. The molecule has 0 saturated carbocycles. The summed E-state index contributed by atoms with van der Waals surface area (Å²) in [6, 6.07) is 0. The van der Waals surface area contributed by atoms with E-state index in [1.165, 1.54) is 57.8 Å². The van der Waals surface area contributed by atoms with Crippen molar-refractivity contribution >= 4 is 0 Å². The van der Waals surface area contributed by atoms with E-state index < -0.39 is 0 Å². The molecule has 0 aliphatic carbocycles. The molecule has 0 spiro atoms. The summed E-state index contributed by atoms with van der Waals surface area (Å²) in [4.78, 5) is 0. The zero-order valence-electron chi connectivity index (χ0n) is 12.4. The topological polar surface area (TPSA) is 0 Å². The summed E-state index contributed by atoms with van der Waals surface area (Å²) in [5.41, 5.74) is 0.590. The lowest BCUT2D eigenvalue weighted by atomic mass is 9.82. The largest absolute Gasteiger partial charge is 0.0654 e. The van der Waals surface area contributed by atoms with Gasteiger partial charge in [-0.15, -0.1) is 0 Å². The SMILES string of the molecule is CCCCC(C)(C)CCCCCC(C)CC. The van der Waals surface area contributed by atoms with Gasteiger partial charge < -0.3 is 0 Å². The first-order valence-electron chi connectivity index (χ1n) is 7.52. The minimum atomic E-state index is 0.590. The molecular formula is C16H34. The van der Waals surface area contributed by atoms with Crippen molar-refractivity contribution < 1.29 is 0 Å². The first kappa shape index (κ1) is 16.0. The van der Waals surface area contributed by atoms with Gasteiger partial charge in [0.1, 0.15) is 0 Å². The van der Waals surface area contributed by atoms with Crippen molar-refractivity contribution in [2.75, 3.05) is 0 Å². The van der Waals surface area contributed by atoms with Gasteiger partial charge in [-0.25, -0.2) is 0 Å². The predicted octanol–water partition coefficient (Wildman–Crippen LogP) is 6.20. The van der Waals surface area contributed by atoms with Crippen LogP contribution in [0.25, 0.3) is 0 Å². The number of hydrogen-bond donors (Lipinski definition) is 0. The summed E-state index contributed by atoms with van der Waals surface area (Å²) in [5.74, 6) is 0.938. The van der Waals surface area contributed by atoms with E-state index in [2.05, 4.69) is 34.6 Å². The van der Waals surface area contributed by atoms with Crippen LogP contribution in [-0.2, 0) is 0 Å². The molecule has 16 heavy (non-hydrogen) atoms. The van der Waals surface area contributed by atoms with E-state index in [1.807, 2.05) is 0 Å². The van der Waals surface area contributed by atoms with Crippen LogP contribution in [0, 0.1) is 11.3 Å². The van der Waals surface area contributed by atoms with Gasteiger partial charge in [0.25, 0.3) is 0 Å². The molecule has 98 valence electrons. The second-order valence-electron chi connectivity index (χ2n) is 6.38. The first-order valence-corrected chi connectivity index (χ1v) is 7.52. The average Bonchev–Trinajstić information content (AvgIpc) is 2.25. The lowest BCUT2D eigenvalue weighted by Gasteiger charge is -2.24. The Kier molecular flexibility index (Phi) is 9.07. The van der Waals surface area contributed by atoms with Crippen LogP contribution in [0.4, 0.5) is 0 Å². The highest BCUT2D eigenvalue weighted by Crippen LogP contribution is 2.30. The maximum atomic E-state index is 2.44. The zero-order valence-corrected chi connectivity index (χ0v) is 12.4. The first-order chi connectivity index (χ1) is 7.52. The normalized spacial score (nSPS) is 14.1. The van der Waals surface area contributed by atoms with Crippen molar-refractivity contribution in [3.63, 3.8) is 0 Å². The van der Waals surface area contributed by atoms with Crippen molar-refractivity contribution in [2.45, 2.75) is 92.4 Å². The Morgan fingerprint density at radius 1 is 0.875 bits per heavy atom. The Hall–Kier alpha value is 0. The van der Waals surface area contributed by atoms with Gasteiger partial charge in [0.05, 0.1) is 0 Å². The maximum Gasteiger partial charge on any atom is -0.0354 e. The molecule has 0 aliphatic heterocycles. The van der Waals surface area contributed by atoms with Gasteiger partial charge in [-0.05, 0) is 24.2 Å². The quantitative estimate of drug-likeness (QED) is 0.389. The van der Waals surface area contributed by atoms with Gasteiger partial charge in [0.15, 0.2) is 0 Å². The predicted molar refractivity (Wildman–Crippen MR) is 75.8 cm³/mol. The summed E-state index contributed by atoms with van der Waals surface area (Å²) >= 11 is 0. The van der Waals surface area contributed by atoms with Crippen molar-refractivity contribution in [3.8, 4) is 0 Å². The number of hydrogen-bond acceptors (Lipinski definition) is 0. The van der Waals surface area contributed by atoms with Crippen molar-refractivity contribution in [1.29, 1.82) is 0 Å². The highest BCUT2D eigenvalue weighted by molar-refractivity contribution is 4.68. The molecule has 0 saturated heterocycles. The third-order valence-corrected chi connectivity index (χ3v) is 3.95. The molecule has 0 heterocycles. The van der Waals surface area contributed by atoms with Crippen LogP contribution in [0.15, 0.2) is 0 Å². The Balaban J connectivity index is 3.42. The maximum absolute atomic E-state index is 2.44. The zero-order chi connectivity index (χ0) is 12.4. The van der Waals surface area contributed by atoms with Crippen LogP contribution in [-0.4, -0.2) is 0 Å². The summed E-state index contributed by atoms with van der Waals surface area (Å²) < 4.78 is 0. The summed E-state index contributed by atoms with van der Waals surface area (Å²) in [6.07, 6.45) is 12.7. The van der Waals surface area contributed by atoms with Gasteiger partial charge in [-0.2, -0.15) is 0 Å². The molecule has 0 N–H and O–H groups in total. The van der Waals surface area contributed by atoms with Crippen LogP contribution in [0.3, 0.4) is 0 Å². The van der Waals surface area contributed by atoms with Crippen LogP contribution in [0.2, 0.25) is 0 Å². The number of unbranched alkanes of at least 4 members (excludes halogenated alkanes) is 3. The van der Waals surface area contributed by atoms with Crippen molar-refractivity contribution in [1.82, 2.24) is 0 Å². The van der Waals surface area contributed by atoms with E-state index in [0.717, 1.165) is 5.92 Å². The van der Waals surface area contributed by atoms with Crippen LogP contribution < -0.4 is 0 Å². The Bertz CT molecular complexity index is 146. The molecule has 0 radical (unpaired) electrons. The van der Waals surface area contributed by atoms with E-state index in [1.54, 1.807) is 0 Å². The van der Waals surface area contributed by atoms with E-state index in [-0.39, 0.29) is 0 Å². The standard InChI is InChI=1S/C16H34/c1-6-8-13-16(4,5)14-11-9-10-12-15(3)7-2/h15H,6-14H2,1-5H3. The summed E-state index contributed by atoms with van der Waals surface area (Å²) in [6.45, 7) is 11.9. The average molecular weight is 226 g/mol. The minimum absolute atomic E-state index is 0.590. The van der Waals surface area contributed by atoms with Gasteiger partial charge in [0, 0.05) is 0 Å². The summed E-state index contributed by atoms with van der Waals surface area (Å²) in [5, 5.41) is 0. The molecule has 1 atom stereocenters. The fourth-order valence-electron chi connectivity index (χ4n) is 2.26. The lowest BCUT2D eigenvalue weighted by molar-refractivity contribution is 0.284. The molecule has 0 fully saturated rings. The van der Waals surface area contributed by atoms with Gasteiger partial charge in [0.2, 0.25) is 0 Å². The third kappa shape index (κ3) is 9.24. The second-order valence-corrected chi connectivity index (χ2v) is 6.38. The van der Waals surface area contributed by atoms with E-state index in [9.17, 15) is 0 Å². The molecule has 0 aliphatic rings. The van der Waals surface area contributed by atoms with Crippen molar-refractivity contribution in [3.05, 3.63) is 0 Å². The number of rotatable bonds is 10. The molecule has 0 aromatic heterocycles. The highest BCUT2D eigenvalue weighted by Gasteiger charge is 2.15. The fourth-order valence-corrected chi connectivity index (χ4v) is 2.26. The van der Waals surface area contributed by atoms with Crippen LogP contribution in [0.5, 0.6) is 0 Å². The highest BCUT2D eigenvalue weighted by atomic mass is 14.2. The van der Waals surface area contributed by atoms with Crippen molar-refractivity contribution in [2.24, 2.45) is 11.3 Å². The summed E-state index contributed by atoms with van der Waals surface area (Å²) in [7, 11) is 0. The van der Waals surface area contributed by atoms with E-state index >= 15 is 0 Å². The van der Waals surface area contributed by atoms with Crippen LogP contribution >= 0.6 is 0 Å². The smallest absolute Gasteiger partial charge is 0.0354 e. The second kappa shape index (κ2) is 9.07. The third-order valence-electron chi connectivity index (χ3n) is 3.95. The van der Waals surface area contributed by atoms with E-state index in [4.69, 9.17) is 0 Å². The molecule has 0 bridgehead atoms. The molecule has 0 amide bonds. The molecular weight excluding hydrogens is 192 g/mol. The molecule has 0 rings (SSSR count). The molecule has 0 heteroatoms. The van der Waals surface area contributed by atoms with Crippen LogP contribution in [0.1, 0.15) is 92.4 Å². The van der Waals surface area contributed by atoms with E-state index in [0.29, 0.717) is 5.41 Å². The Morgan fingerprint density at radius 2 is 1.50 bits per heavy atom. The van der Waals surface area contributed by atoms with Gasteiger partial charge in [-0.1, -0.05) is 79.6 Å². The molecule has 0 aromatic rings. The fraction of sp³-hybridized carbons (Fsp3) is 1.00. The minimum Gasteiger partial charge on any atom is -0.0654 e. The van der Waals surface area contributed by atoms with Gasteiger partial charge in [-0.3, -0.25) is 0 Å². The molecule has 0 nitrogen and oxygen atoms in total.